The van der Waals surface area contributed by atoms with Crippen LogP contribution >= 0.6 is 0 Å². The zero-order chi connectivity index (χ0) is 14.7. The van der Waals surface area contributed by atoms with Crippen molar-refractivity contribution in [2.75, 3.05) is 0 Å². The number of benzene rings is 2. The standard InChI is InChI=1S/C18H23NO/c1-12-8-9-16(14(3)10-12)11-20-18-13(2)6-5-7-17(18)15(4)19/h5-10,15H,11,19H2,1-4H3. The SMILES string of the molecule is Cc1ccc(COc2c(C)cccc2C(C)N)c(C)c1. The maximum Gasteiger partial charge on any atom is 0.127 e. The minimum atomic E-state index is -0.0241. The molecule has 2 N–H and O–H groups in total. The summed E-state index contributed by atoms with van der Waals surface area (Å²) in [6, 6.07) is 12.5. The van der Waals surface area contributed by atoms with Gasteiger partial charge in [-0.15, -0.1) is 0 Å². The third-order valence-corrected chi connectivity index (χ3v) is 3.60. The summed E-state index contributed by atoms with van der Waals surface area (Å²) in [5.41, 5.74) is 12.0. The van der Waals surface area contributed by atoms with Gasteiger partial charge in [0.15, 0.2) is 0 Å². The first-order valence-corrected chi connectivity index (χ1v) is 7.03. The molecule has 0 radical (unpaired) electrons. The Labute approximate surface area is 121 Å². The number of ether oxygens (including phenoxy) is 1. The van der Waals surface area contributed by atoms with Gasteiger partial charge in [-0.25, -0.2) is 0 Å². The first-order chi connectivity index (χ1) is 9.49. The van der Waals surface area contributed by atoms with Crippen molar-refractivity contribution in [2.45, 2.75) is 40.3 Å². The zero-order valence-corrected chi connectivity index (χ0v) is 12.7. The smallest absolute Gasteiger partial charge is 0.127 e. The van der Waals surface area contributed by atoms with Crippen LogP contribution in [0.1, 0.15) is 40.8 Å². The van der Waals surface area contributed by atoms with E-state index in [1.54, 1.807) is 0 Å². The van der Waals surface area contributed by atoms with Gasteiger partial charge in [0.05, 0.1) is 0 Å². The normalized spacial score (nSPS) is 12.2. The fraction of sp³-hybridized carbons (Fsp3) is 0.333. The molecule has 0 heterocycles. The summed E-state index contributed by atoms with van der Waals surface area (Å²) in [4.78, 5) is 0. The summed E-state index contributed by atoms with van der Waals surface area (Å²) in [6.45, 7) is 8.85. The third kappa shape index (κ3) is 3.20. The first kappa shape index (κ1) is 14.6. The first-order valence-electron chi connectivity index (χ1n) is 7.03. The number of nitrogens with two attached hydrogens (primary N) is 1. The van der Waals surface area contributed by atoms with Crippen LogP contribution in [0.2, 0.25) is 0 Å². The Kier molecular flexibility index (Phi) is 4.46. The van der Waals surface area contributed by atoms with Gasteiger partial charge < -0.3 is 10.5 Å². The maximum absolute atomic E-state index is 6.06. The lowest BCUT2D eigenvalue weighted by Crippen LogP contribution is -2.09. The van der Waals surface area contributed by atoms with Crippen LogP contribution in [-0.4, -0.2) is 0 Å². The predicted octanol–water partition coefficient (Wildman–Crippen LogP) is 4.21. The molecule has 2 aromatic carbocycles. The Bertz CT molecular complexity index is 602. The van der Waals surface area contributed by atoms with E-state index in [0.29, 0.717) is 6.61 Å². The lowest BCUT2D eigenvalue weighted by Gasteiger charge is -2.17. The van der Waals surface area contributed by atoms with Crippen molar-refractivity contribution in [2.24, 2.45) is 5.73 Å². The lowest BCUT2D eigenvalue weighted by molar-refractivity contribution is 0.298. The quantitative estimate of drug-likeness (QED) is 0.902. The van der Waals surface area contributed by atoms with E-state index < -0.39 is 0 Å². The molecule has 0 aromatic heterocycles. The molecule has 0 spiro atoms. The van der Waals surface area contributed by atoms with Crippen LogP contribution in [0.15, 0.2) is 36.4 Å². The summed E-state index contributed by atoms with van der Waals surface area (Å²) in [5.74, 6) is 0.919. The van der Waals surface area contributed by atoms with Crippen LogP contribution < -0.4 is 10.5 Å². The van der Waals surface area contributed by atoms with E-state index in [4.69, 9.17) is 10.5 Å². The largest absolute Gasteiger partial charge is 0.488 e. The second-order valence-corrected chi connectivity index (χ2v) is 5.50. The van der Waals surface area contributed by atoms with Gasteiger partial charge in [-0.05, 0) is 44.4 Å². The van der Waals surface area contributed by atoms with E-state index in [1.807, 2.05) is 19.1 Å². The average Bonchev–Trinajstić information content (AvgIpc) is 2.38. The lowest BCUT2D eigenvalue weighted by atomic mass is 10.0. The predicted molar refractivity (Wildman–Crippen MR) is 84.0 cm³/mol. The summed E-state index contributed by atoms with van der Waals surface area (Å²) >= 11 is 0. The monoisotopic (exact) mass is 269 g/mol. The number of aryl methyl sites for hydroxylation is 3. The summed E-state index contributed by atoms with van der Waals surface area (Å²) in [6.07, 6.45) is 0. The highest BCUT2D eigenvalue weighted by molar-refractivity contribution is 5.42. The van der Waals surface area contributed by atoms with E-state index in [0.717, 1.165) is 16.9 Å². The topological polar surface area (TPSA) is 35.2 Å². The van der Waals surface area contributed by atoms with E-state index >= 15 is 0 Å². The van der Waals surface area contributed by atoms with Crippen LogP contribution in [0, 0.1) is 20.8 Å². The molecule has 106 valence electrons. The van der Waals surface area contributed by atoms with Crippen molar-refractivity contribution in [3.05, 3.63) is 64.2 Å². The third-order valence-electron chi connectivity index (χ3n) is 3.60. The van der Waals surface area contributed by atoms with Crippen LogP contribution in [-0.2, 0) is 6.61 Å². The maximum atomic E-state index is 6.06. The van der Waals surface area contributed by atoms with E-state index in [9.17, 15) is 0 Å². The van der Waals surface area contributed by atoms with Gasteiger partial charge in [0, 0.05) is 11.6 Å². The molecule has 0 aliphatic rings. The molecule has 2 heteroatoms. The molecule has 20 heavy (non-hydrogen) atoms. The molecule has 0 amide bonds. The van der Waals surface area contributed by atoms with Crippen molar-refractivity contribution in [3.8, 4) is 5.75 Å². The van der Waals surface area contributed by atoms with Gasteiger partial charge in [-0.1, -0.05) is 42.0 Å². The number of para-hydroxylation sites is 1. The van der Waals surface area contributed by atoms with Crippen molar-refractivity contribution in [1.82, 2.24) is 0 Å². The molecule has 0 saturated carbocycles. The average molecular weight is 269 g/mol. The molecular formula is C18H23NO. The second kappa shape index (κ2) is 6.10. The molecule has 2 rings (SSSR count). The highest BCUT2D eigenvalue weighted by Gasteiger charge is 2.11. The van der Waals surface area contributed by atoms with Crippen LogP contribution in [0.4, 0.5) is 0 Å². The van der Waals surface area contributed by atoms with Crippen molar-refractivity contribution in [1.29, 1.82) is 0 Å². The van der Waals surface area contributed by atoms with Gasteiger partial charge in [0.25, 0.3) is 0 Å². The highest BCUT2D eigenvalue weighted by Crippen LogP contribution is 2.28. The Balaban J connectivity index is 2.23. The minimum Gasteiger partial charge on any atom is -0.488 e. The van der Waals surface area contributed by atoms with Gasteiger partial charge in [0.1, 0.15) is 12.4 Å². The number of hydrogen-bond donors (Lipinski definition) is 1. The number of rotatable bonds is 4. The minimum absolute atomic E-state index is 0.0241. The van der Waals surface area contributed by atoms with Gasteiger partial charge in [0.2, 0.25) is 0 Å². The van der Waals surface area contributed by atoms with Gasteiger partial charge >= 0.3 is 0 Å². The summed E-state index contributed by atoms with van der Waals surface area (Å²) in [5, 5.41) is 0. The van der Waals surface area contributed by atoms with Crippen LogP contribution in [0.5, 0.6) is 5.75 Å². The molecule has 1 atom stereocenters. The molecule has 0 bridgehead atoms. The molecule has 1 unspecified atom stereocenters. The molecule has 0 aliphatic heterocycles. The Morgan fingerprint density at radius 2 is 1.80 bits per heavy atom. The Morgan fingerprint density at radius 3 is 2.45 bits per heavy atom. The summed E-state index contributed by atoms with van der Waals surface area (Å²) in [7, 11) is 0. The van der Waals surface area contributed by atoms with Crippen LogP contribution in [0.25, 0.3) is 0 Å². The second-order valence-electron chi connectivity index (χ2n) is 5.50. The number of hydrogen-bond acceptors (Lipinski definition) is 2. The fourth-order valence-electron chi connectivity index (χ4n) is 2.39. The molecule has 2 nitrogen and oxygen atoms in total. The Morgan fingerprint density at radius 1 is 1.05 bits per heavy atom. The molecule has 0 aliphatic carbocycles. The highest BCUT2D eigenvalue weighted by atomic mass is 16.5. The van der Waals surface area contributed by atoms with Crippen molar-refractivity contribution < 1.29 is 4.74 Å². The van der Waals surface area contributed by atoms with Gasteiger partial charge in [-0.2, -0.15) is 0 Å². The summed E-state index contributed by atoms with van der Waals surface area (Å²) < 4.78 is 6.06. The molecular weight excluding hydrogens is 246 g/mol. The van der Waals surface area contributed by atoms with Crippen molar-refractivity contribution >= 4 is 0 Å². The van der Waals surface area contributed by atoms with Crippen LogP contribution in [0.3, 0.4) is 0 Å². The van der Waals surface area contributed by atoms with Gasteiger partial charge in [-0.3, -0.25) is 0 Å². The van der Waals surface area contributed by atoms with E-state index in [-0.39, 0.29) is 6.04 Å². The van der Waals surface area contributed by atoms with E-state index in [1.165, 1.54) is 16.7 Å². The molecule has 0 fully saturated rings. The Hall–Kier alpha value is -1.80. The molecule has 2 aromatic rings. The zero-order valence-electron chi connectivity index (χ0n) is 12.7. The molecule has 0 saturated heterocycles. The fourth-order valence-corrected chi connectivity index (χ4v) is 2.39. The van der Waals surface area contributed by atoms with Crippen molar-refractivity contribution in [3.63, 3.8) is 0 Å². The van der Waals surface area contributed by atoms with E-state index in [2.05, 4.69) is 45.0 Å².